The van der Waals surface area contributed by atoms with Crippen LogP contribution in [0.15, 0.2) is 6.20 Å². The molecule has 0 spiro atoms. The zero-order valence-corrected chi connectivity index (χ0v) is 13.7. The summed E-state index contributed by atoms with van der Waals surface area (Å²) >= 11 is 0. The molecule has 0 amide bonds. The minimum atomic E-state index is -0.421. The Morgan fingerprint density at radius 2 is 1.71 bits per heavy atom. The van der Waals surface area contributed by atoms with Crippen LogP contribution in [0.4, 0.5) is 0 Å². The fraction of sp³-hybridized carbons (Fsp3) is 0.857. The summed E-state index contributed by atoms with van der Waals surface area (Å²) < 4.78 is 12.0. The normalized spacial score (nSPS) is 26.4. The van der Waals surface area contributed by atoms with Gasteiger partial charge in [0.2, 0.25) is 0 Å². The summed E-state index contributed by atoms with van der Waals surface area (Å²) in [5.41, 5.74) is 0.0943. The summed E-state index contributed by atoms with van der Waals surface area (Å²) in [7, 11) is 1.73. The maximum Gasteiger partial charge on any atom is 0.518 e. The first-order valence-corrected chi connectivity index (χ1v) is 7.74. The first-order valence-electron chi connectivity index (χ1n) is 7.74. The van der Waals surface area contributed by atoms with E-state index in [1.807, 2.05) is 32.5 Å². The lowest BCUT2D eigenvalue weighted by atomic mass is 9.86. The van der Waals surface area contributed by atoms with Crippen molar-refractivity contribution < 1.29 is 9.31 Å². The van der Waals surface area contributed by atoms with Crippen molar-refractivity contribution in [1.82, 2.24) is 19.9 Å². The van der Waals surface area contributed by atoms with E-state index >= 15 is 0 Å². The molecule has 3 rings (SSSR count). The van der Waals surface area contributed by atoms with E-state index in [9.17, 15) is 0 Å². The second-order valence-electron chi connectivity index (χ2n) is 7.21. The molecule has 0 N–H and O–H groups in total. The maximum atomic E-state index is 6.02. The van der Waals surface area contributed by atoms with Crippen molar-refractivity contribution in [2.24, 2.45) is 0 Å². The van der Waals surface area contributed by atoms with Crippen LogP contribution in [0.3, 0.4) is 0 Å². The van der Waals surface area contributed by atoms with Crippen LogP contribution in [-0.4, -0.2) is 58.4 Å². The van der Waals surface area contributed by atoms with Gasteiger partial charge in [0.1, 0.15) is 5.59 Å². The molecule has 1 aromatic rings. The van der Waals surface area contributed by atoms with Crippen LogP contribution >= 0.6 is 0 Å². The zero-order chi connectivity index (χ0) is 15.3. The van der Waals surface area contributed by atoms with E-state index in [0.29, 0.717) is 6.04 Å². The summed E-state index contributed by atoms with van der Waals surface area (Å²) in [5, 5.41) is 9.04. The highest BCUT2D eigenvalue weighted by atomic mass is 16.7. The Labute approximate surface area is 126 Å². The average Bonchev–Trinajstić information content (AvgIpc) is 2.94. The third kappa shape index (κ3) is 2.74. The third-order valence-electron chi connectivity index (χ3n) is 5.04. The average molecular weight is 292 g/mol. The second kappa shape index (κ2) is 5.07. The molecule has 116 valence electrons. The molecule has 0 saturated carbocycles. The molecule has 0 unspecified atom stereocenters. The molecular weight excluding hydrogens is 267 g/mol. The standard InChI is InChI=1S/C14H25BN4O2/c1-13(2)14(3,4)21-15(20-13)12-10-16-19(17-12)11-6-8-18(5)9-7-11/h10-11H,6-9H2,1-5H3. The Morgan fingerprint density at radius 3 is 2.29 bits per heavy atom. The number of hydrogen-bond acceptors (Lipinski definition) is 5. The van der Waals surface area contributed by atoms with Gasteiger partial charge in [-0.2, -0.15) is 15.0 Å². The van der Waals surface area contributed by atoms with E-state index < -0.39 is 7.12 Å². The number of nitrogens with zero attached hydrogens (tertiary/aromatic N) is 4. The quantitative estimate of drug-likeness (QED) is 0.756. The van der Waals surface area contributed by atoms with Gasteiger partial charge >= 0.3 is 7.12 Å². The largest absolute Gasteiger partial charge is 0.518 e. The van der Waals surface area contributed by atoms with Gasteiger partial charge in [0, 0.05) is 0 Å². The molecule has 0 bridgehead atoms. The van der Waals surface area contributed by atoms with Crippen LogP contribution < -0.4 is 5.59 Å². The van der Waals surface area contributed by atoms with Crippen LogP contribution in [-0.2, 0) is 9.31 Å². The van der Waals surface area contributed by atoms with Crippen molar-refractivity contribution in [3.8, 4) is 0 Å². The third-order valence-corrected chi connectivity index (χ3v) is 5.04. The van der Waals surface area contributed by atoms with E-state index in [1.54, 1.807) is 6.20 Å². The van der Waals surface area contributed by atoms with Crippen LogP contribution in [0.1, 0.15) is 46.6 Å². The maximum absolute atomic E-state index is 6.02. The number of hydrogen-bond donors (Lipinski definition) is 0. The van der Waals surface area contributed by atoms with E-state index in [2.05, 4.69) is 22.1 Å². The highest BCUT2D eigenvalue weighted by Gasteiger charge is 2.52. The van der Waals surface area contributed by atoms with Crippen molar-refractivity contribution in [2.75, 3.05) is 20.1 Å². The van der Waals surface area contributed by atoms with Crippen molar-refractivity contribution >= 4 is 12.7 Å². The Morgan fingerprint density at radius 1 is 1.14 bits per heavy atom. The molecule has 0 radical (unpaired) electrons. The predicted molar refractivity (Wildman–Crippen MR) is 81.5 cm³/mol. The van der Waals surface area contributed by atoms with Crippen molar-refractivity contribution in [3.05, 3.63) is 6.20 Å². The minimum Gasteiger partial charge on any atom is -0.398 e. The van der Waals surface area contributed by atoms with Crippen molar-refractivity contribution in [3.63, 3.8) is 0 Å². The van der Waals surface area contributed by atoms with Gasteiger partial charge in [0.05, 0.1) is 23.4 Å². The molecule has 3 heterocycles. The van der Waals surface area contributed by atoms with E-state index in [1.165, 1.54) is 0 Å². The van der Waals surface area contributed by atoms with E-state index in [0.717, 1.165) is 31.5 Å². The molecule has 2 aliphatic heterocycles. The summed E-state index contributed by atoms with van der Waals surface area (Å²) in [5.74, 6) is 0. The minimum absolute atomic E-state index is 0.338. The first kappa shape index (κ1) is 15.0. The van der Waals surface area contributed by atoms with Crippen LogP contribution in [0.5, 0.6) is 0 Å². The molecule has 0 atom stereocenters. The zero-order valence-electron chi connectivity index (χ0n) is 13.7. The molecule has 1 aromatic heterocycles. The molecule has 0 aromatic carbocycles. The molecule has 21 heavy (non-hydrogen) atoms. The van der Waals surface area contributed by atoms with Gasteiger partial charge < -0.3 is 14.2 Å². The lowest BCUT2D eigenvalue weighted by molar-refractivity contribution is 0.00578. The van der Waals surface area contributed by atoms with Crippen molar-refractivity contribution in [1.29, 1.82) is 0 Å². The van der Waals surface area contributed by atoms with Gasteiger partial charge in [-0.25, -0.2) is 0 Å². The molecule has 6 nitrogen and oxygen atoms in total. The lowest BCUT2D eigenvalue weighted by Gasteiger charge is -2.32. The Hall–Kier alpha value is -0.915. The fourth-order valence-electron chi connectivity index (χ4n) is 2.76. The van der Waals surface area contributed by atoms with Crippen LogP contribution in [0.2, 0.25) is 0 Å². The Kier molecular flexibility index (Phi) is 3.62. The number of aromatic nitrogens is 3. The van der Waals surface area contributed by atoms with E-state index in [4.69, 9.17) is 9.31 Å². The molecule has 2 fully saturated rings. The lowest BCUT2D eigenvalue weighted by Crippen LogP contribution is -2.41. The monoisotopic (exact) mass is 292 g/mol. The van der Waals surface area contributed by atoms with Crippen molar-refractivity contribution in [2.45, 2.75) is 57.8 Å². The van der Waals surface area contributed by atoms with Gasteiger partial charge in [-0.1, -0.05) is 0 Å². The summed E-state index contributed by atoms with van der Waals surface area (Å²) in [4.78, 5) is 4.18. The molecule has 0 aliphatic carbocycles. The molecular formula is C14H25BN4O2. The van der Waals surface area contributed by atoms with Crippen LogP contribution in [0.25, 0.3) is 0 Å². The topological polar surface area (TPSA) is 52.4 Å². The number of piperidine rings is 1. The highest BCUT2D eigenvalue weighted by molar-refractivity contribution is 6.61. The van der Waals surface area contributed by atoms with Gasteiger partial charge in [-0.3, -0.25) is 0 Å². The van der Waals surface area contributed by atoms with Gasteiger partial charge in [-0.15, -0.1) is 0 Å². The SMILES string of the molecule is CN1CCC(n2ncc(B3OC(C)(C)C(C)(C)O3)n2)CC1. The Bertz CT molecular complexity index is 493. The fourth-order valence-corrected chi connectivity index (χ4v) is 2.76. The number of rotatable bonds is 2. The molecule has 7 heteroatoms. The summed E-state index contributed by atoms with van der Waals surface area (Å²) in [6.07, 6.45) is 3.96. The summed E-state index contributed by atoms with van der Waals surface area (Å²) in [6, 6.07) is 0.386. The number of likely N-dealkylation sites (tertiary alicyclic amines) is 1. The van der Waals surface area contributed by atoms with E-state index in [-0.39, 0.29) is 11.2 Å². The molecule has 2 saturated heterocycles. The predicted octanol–water partition coefficient (Wildman–Crippen LogP) is 0.844. The summed E-state index contributed by atoms with van der Waals surface area (Å²) in [6.45, 7) is 10.4. The van der Waals surface area contributed by atoms with Gasteiger partial charge in [0.25, 0.3) is 0 Å². The first-order chi connectivity index (χ1) is 9.78. The smallest absolute Gasteiger partial charge is 0.398 e. The molecule has 2 aliphatic rings. The van der Waals surface area contributed by atoms with Gasteiger partial charge in [-0.05, 0) is 60.7 Å². The highest BCUT2D eigenvalue weighted by Crippen LogP contribution is 2.36. The van der Waals surface area contributed by atoms with Gasteiger partial charge in [0.15, 0.2) is 0 Å². The second-order valence-corrected chi connectivity index (χ2v) is 7.21. The van der Waals surface area contributed by atoms with Crippen LogP contribution in [0, 0.1) is 0 Å². The Balaban J connectivity index is 1.71.